The highest BCUT2D eigenvalue weighted by Crippen LogP contribution is 2.29. The summed E-state index contributed by atoms with van der Waals surface area (Å²) in [5, 5.41) is 9.62. The number of esters is 1. The molecule has 0 fully saturated rings. The van der Waals surface area contributed by atoms with Crippen molar-refractivity contribution in [3.05, 3.63) is 23.0 Å². The van der Waals surface area contributed by atoms with Crippen LogP contribution in [0.2, 0.25) is 0 Å². The third kappa shape index (κ3) is 3.63. The zero-order valence-electron chi connectivity index (χ0n) is 9.62. The van der Waals surface area contributed by atoms with Crippen molar-refractivity contribution in [2.45, 2.75) is 25.1 Å². The number of carbonyl (C=O) groups excluding carboxylic acids is 1. The molecule has 18 heavy (non-hydrogen) atoms. The number of carbonyl (C=O) groups is 1. The number of nitrogens with zero attached hydrogens (tertiary/aromatic N) is 1. The van der Waals surface area contributed by atoms with E-state index in [4.69, 9.17) is 4.74 Å². The van der Waals surface area contributed by atoms with Crippen LogP contribution in [0.25, 0.3) is 0 Å². The fourth-order valence-corrected chi connectivity index (χ4v) is 1.88. The number of aromatic hydroxyl groups is 1. The zero-order chi connectivity index (χ0) is 13.7. The maximum Gasteiger partial charge on any atom is 0.310 e. The molecular formula is C11H12BrF2NO3. The van der Waals surface area contributed by atoms with Crippen LogP contribution in [-0.2, 0) is 21.3 Å². The van der Waals surface area contributed by atoms with Crippen LogP contribution in [-0.4, -0.2) is 22.7 Å². The normalized spacial score (nSPS) is 10.7. The number of ether oxygens (including phenoxy) is 1. The molecule has 0 amide bonds. The Hall–Kier alpha value is -1.24. The summed E-state index contributed by atoms with van der Waals surface area (Å²) in [6.45, 7) is 1.90. The molecule has 7 heteroatoms. The van der Waals surface area contributed by atoms with Gasteiger partial charge in [0.15, 0.2) is 0 Å². The van der Waals surface area contributed by atoms with Gasteiger partial charge in [0.25, 0.3) is 6.43 Å². The van der Waals surface area contributed by atoms with Gasteiger partial charge in [0.2, 0.25) is 0 Å². The topological polar surface area (TPSA) is 59.4 Å². The molecule has 100 valence electrons. The SMILES string of the molecule is CCOC(=O)Cc1cc(O)c(C(F)F)nc1CBr. The summed E-state index contributed by atoms with van der Waals surface area (Å²) in [4.78, 5) is 15.0. The first kappa shape index (κ1) is 14.8. The lowest BCUT2D eigenvalue weighted by molar-refractivity contribution is -0.142. The first-order valence-electron chi connectivity index (χ1n) is 5.21. The second-order valence-electron chi connectivity index (χ2n) is 3.41. The molecule has 4 nitrogen and oxygen atoms in total. The Morgan fingerprint density at radius 2 is 2.28 bits per heavy atom. The number of hydrogen-bond donors (Lipinski definition) is 1. The van der Waals surface area contributed by atoms with E-state index in [-0.39, 0.29) is 24.1 Å². The summed E-state index contributed by atoms with van der Waals surface area (Å²) < 4.78 is 29.8. The Morgan fingerprint density at radius 1 is 1.61 bits per heavy atom. The van der Waals surface area contributed by atoms with E-state index in [9.17, 15) is 18.7 Å². The highest BCUT2D eigenvalue weighted by molar-refractivity contribution is 9.08. The monoisotopic (exact) mass is 323 g/mol. The average Bonchev–Trinajstić information content (AvgIpc) is 2.29. The van der Waals surface area contributed by atoms with Crippen molar-refractivity contribution in [3.8, 4) is 5.75 Å². The fraction of sp³-hybridized carbons (Fsp3) is 0.455. The molecule has 0 aliphatic heterocycles. The predicted octanol–water partition coefficient (Wildman–Crippen LogP) is 2.73. The number of pyridine rings is 1. The molecule has 0 atom stereocenters. The van der Waals surface area contributed by atoms with E-state index in [1.54, 1.807) is 6.92 Å². The molecule has 0 unspecified atom stereocenters. The Bertz CT molecular complexity index is 441. The van der Waals surface area contributed by atoms with Gasteiger partial charge in [-0.05, 0) is 18.6 Å². The maximum absolute atomic E-state index is 12.5. The van der Waals surface area contributed by atoms with E-state index < -0.39 is 23.8 Å². The van der Waals surface area contributed by atoms with Gasteiger partial charge in [0, 0.05) is 5.33 Å². The van der Waals surface area contributed by atoms with Crippen LogP contribution < -0.4 is 0 Å². The minimum atomic E-state index is -2.86. The molecule has 0 saturated carbocycles. The summed E-state index contributed by atoms with van der Waals surface area (Å²) in [6, 6.07) is 1.13. The first-order chi connectivity index (χ1) is 8.49. The van der Waals surface area contributed by atoms with Gasteiger partial charge in [-0.25, -0.2) is 13.8 Å². The third-order valence-corrected chi connectivity index (χ3v) is 2.70. The lowest BCUT2D eigenvalue weighted by Crippen LogP contribution is -2.10. The van der Waals surface area contributed by atoms with Crippen molar-refractivity contribution in [2.24, 2.45) is 0 Å². The van der Waals surface area contributed by atoms with Crippen molar-refractivity contribution < 1.29 is 23.4 Å². The van der Waals surface area contributed by atoms with Crippen LogP contribution in [0, 0.1) is 0 Å². The van der Waals surface area contributed by atoms with E-state index >= 15 is 0 Å². The Labute approximate surface area is 111 Å². The second-order valence-corrected chi connectivity index (χ2v) is 3.98. The van der Waals surface area contributed by atoms with E-state index in [1.807, 2.05) is 0 Å². The Kier molecular flexibility index (Phi) is 5.46. The third-order valence-electron chi connectivity index (χ3n) is 2.17. The minimum absolute atomic E-state index is 0.112. The molecule has 1 aromatic rings. The molecule has 1 aromatic heterocycles. The van der Waals surface area contributed by atoms with E-state index in [2.05, 4.69) is 20.9 Å². The van der Waals surface area contributed by atoms with Crippen molar-refractivity contribution in [2.75, 3.05) is 6.61 Å². The summed E-state index contributed by atoms with van der Waals surface area (Å²) in [7, 11) is 0. The largest absolute Gasteiger partial charge is 0.506 e. The number of alkyl halides is 3. The van der Waals surface area contributed by atoms with E-state index in [0.29, 0.717) is 5.56 Å². The molecule has 0 radical (unpaired) electrons. The minimum Gasteiger partial charge on any atom is -0.506 e. The molecule has 0 aliphatic rings. The van der Waals surface area contributed by atoms with Gasteiger partial charge < -0.3 is 9.84 Å². The predicted molar refractivity (Wildman–Crippen MR) is 63.8 cm³/mol. The average molecular weight is 324 g/mol. The van der Waals surface area contributed by atoms with Crippen molar-refractivity contribution in [3.63, 3.8) is 0 Å². The van der Waals surface area contributed by atoms with Crippen LogP contribution in [0.5, 0.6) is 5.75 Å². The fourth-order valence-electron chi connectivity index (χ4n) is 1.39. The van der Waals surface area contributed by atoms with Crippen LogP contribution in [0.15, 0.2) is 6.07 Å². The molecular weight excluding hydrogens is 312 g/mol. The second kappa shape index (κ2) is 6.63. The van der Waals surface area contributed by atoms with Crippen LogP contribution in [0.1, 0.15) is 30.3 Å². The van der Waals surface area contributed by atoms with Crippen molar-refractivity contribution >= 4 is 21.9 Å². The first-order valence-corrected chi connectivity index (χ1v) is 6.33. The lowest BCUT2D eigenvalue weighted by Gasteiger charge is -2.10. The number of aromatic nitrogens is 1. The molecule has 0 aromatic carbocycles. The number of halogens is 3. The molecule has 1 rings (SSSR count). The van der Waals surface area contributed by atoms with E-state index in [1.165, 1.54) is 0 Å². The van der Waals surface area contributed by atoms with Gasteiger partial charge >= 0.3 is 5.97 Å². The zero-order valence-corrected chi connectivity index (χ0v) is 11.2. The van der Waals surface area contributed by atoms with Crippen molar-refractivity contribution in [1.82, 2.24) is 4.98 Å². The molecule has 1 heterocycles. The van der Waals surface area contributed by atoms with Gasteiger partial charge in [0.05, 0.1) is 18.7 Å². The van der Waals surface area contributed by atoms with Gasteiger partial charge in [-0.3, -0.25) is 4.79 Å². The molecule has 1 N–H and O–H groups in total. The number of hydrogen-bond acceptors (Lipinski definition) is 4. The number of rotatable bonds is 5. The molecule has 0 aliphatic carbocycles. The van der Waals surface area contributed by atoms with Gasteiger partial charge in [0.1, 0.15) is 11.4 Å². The van der Waals surface area contributed by atoms with Gasteiger partial charge in [-0.1, -0.05) is 15.9 Å². The molecule has 0 bridgehead atoms. The molecule has 0 spiro atoms. The Morgan fingerprint density at radius 3 is 2.78 bits per heavy atom. The summed E-state index contributed by atoms with van der Waals surface area (Å²) in [5.74, 6) is -1.11. The van der Waals surface area contributed by atoms with Crippen molar-refractivity contribution in [1.29, 1.82) is 0 Å². The summed E-state index contributed by atoms with van der Waals surface area (Å²) >= 11 is 3.10. The highest BCUT2D eigenvalue weighted by atomic mass is 79.9. The summed E-state index contributed by atoms with van der Waals surface area (Å²) in [6.07, 6.45) is -2.97. The lowest BCUT2D eigenvalue weighted by atomic mass is 10.1. The van der Waals surface area contributed by atoms with Gasteiger partial charge in [-0.2, -0.15) is 0 Å². The smallest absolute Gasteiger partial charge is 0.310 e. The quantitative estimate of drug-likeness (QED) is 0.668. The highest BCUT2D eigenvalue weighted by Gasteiger charge is 2.19. The van der Waals surface area contributed by atoms with E-state index in [0.717, 1.165) is 6.07 Å². The standard InChI is InChI=1S/C11H12BrF2NO3/c1-2-18-9(17)4-6-3-8(16)10(11(13)14)15-7(6)5-12/h3,11,16H,2,4-5H2,1H3. The van der Waals surface area contributed by atoms with Crippen LogP contribution in [0.4, 0.5) is 8.78 Å². The van der Waals surface area contributed by atoms with Gasteiger partial charge in [-0.15, -0.1) is 0 Å². The summed E-state index contributed by atoms with van der Waals surface area (Å²) in [5.41, 5.74) is -0.0274. The van der Waals surface area contributed by atoms with Crippen LogP contribution in [0.3, 0.4) is 0 Å². The molecule has 0 saturated heterocycles. The Balaban J connectivity index is 3.05. The van der Waals surface area contributed by atoms with Crippen LogP contribution >= 0.6 is 15.9 Å². The maximum atomic E-state index is 12.5.